The smallest absolute Gasteiger partial charge is 0.410 e. The van der Waals surface area contributed by atoms with E-state index in [0.717, 1.165) is 18.4 Å². The Morgan fingerprint density at radius 3 is 3.00 bits per heavy atom. The van der Waals surface area contributed by atoms with Crippen molar-refractivity contribution in [2.24, 2.45) is 11.0 Å². The summed E-state index contributed by atoms with van der Waals surface area (Å²) < 4.78 is 10.8. The highest BCUT2D eigenvalue weighted by atomic mass is 16.7. The van der Waals surface area contributed by atoms with E-state index in [1.807, 2.05) is 19.1 Å². The minimum absolute atomic E-state index is 0.0264. The fraction of sp³-hybridized carbons (Fsp3) is 0.529. The zero-order valence-corrected chi connectivity index (χ0v) is 14.7. The molecule has 2 saturated heterocycles. The Balaban J connectivity index is 1.72. The van der Waals surface area contributed by atoms with Gasteiger partial charge in [-0.1, -0.05) is 19.1 Å². The predicted octanol–water partition coefficient (Wildman–Crippen LogP) is 1.95. The lowest BCUT2D eigenvalue weighted by Crippen LogP contribution is -2.41. The summed E-state index contributed by atoms with van der Waals surface area (Å²) in [6.45, 7) is 4.67. The van der Waals surface area contributed by atoms with Crippen molar-refractivity contribution in [3.8, 4) is 5.75 Å². The van der Waals surface area contributed by atoms with Gasteiger partial charge in [0.2, 0.25) is 0 Å². The lowest BCUT2D eigenvalue weighted by atomic mass is 10.1. The molecule has 26 heavy (non-hydrogen) atoms. The molecule has 1 aromatic rings. The maximum Gasteiger partial charge on any atom is 0.422 e. The molecule has 0 aliphatic carbocycles. The van der Waals surface area contributed by atoms with Crippen molar-refractivity contribution in [1.29, 1.82) is 0 Å². The lowest BCUT2D eigenvalue weighted by Gasteiger charge is -2.21. The number of carbonyl (C=O) groups is 1. The Bertz CT molecular complexity index is 702. The number of hydrogen-bond donors (Lipinski definition) is 0. The van der Waals surface area contributed by atoms with Crippen LogP contribution in [0.3, 0.4) is 0 Å². The van der Waals surface area contributed by atoms with Crippen LogP contribution in [0.25, 0.3) is 0 Å². The standard InChI is InChI=1S/C17H22N4O5/c1-2-13-4-3-5-15(10-13)26-17(22)20-8-7-19(16(20)18-21(23)24)11-14-6-9-25-12-14/h3-5,10,14H,2,6-9,11-12H2,1H3. The third-order valence-electron chi connectivity index (χ3n) is 4.52. The largest absolute Gasteiger partial charge is 0.422 e. The number of hydrogen-bond acceptors (Lipinski definition) is 5. The fourth-order valence-electron chi connectivity index (χ4n) is 3.15. The summed E-state index contributed by atoms with van der Waals surface area (Å²) in [5, 5.41) is 13.6. The second-order valence-electron chi connectivity index (χ2n) is 6.33. The van der Waals surface area contributed by atoms with Gasteiger partial charge in [0, 0.05) is 25.6 Å². The molecule has 0 N–H and O–H groups in total. The number of nitrogens with zero attached hydrogens (tertiary/aromatic N) is 4. The minimum Gasteiger partial charge on any atom is -0.410 e. The first-order valence-electron chi connectivity index (χ1n) is 8.70. The number of benzene rings is 1. The maximum absolute atomic E-state index is 12.5. The summed E-state index contributed by atoms with van der Waals surface area (Å²) >= 11 is 0. The number of guanidine groups is 1. The van der Waals surface area contributed by atoms with E-state index in [1.54, 1.807) is 17.0 Å². The summed E-state index contributed by atoms with van der Waals surface area (Å²) in [6.07, 6.45) is 1.06. The van der Waals surface area contributed by atoms with Gasteiger partial charge < -0.3 is 14.4 Å². The van der Waals surface area contributed by atoms with Gasteiger partial charge in [-0.25, -0.2) is 19.8 Å². The van der Waals surface area contributed by atoms with Gasteiger partial charge in [0.1, 0.15) is 10.9 Å². The molecule has 1 aromatic carbocycles. The van der Waals surface area contributed by atoms with Crippen LogP contribution in [0.2, 0.25) is 0 Å². The van der Waals surface area contributed by atoms with Crippen LogP contribution in [0.1, 0.15) is 18.9 Å². The molecule has 1 atom stereocenters. The Morgan fingerprint density at radius 1 is 1.46 bits per heavy atom. The minimum atomic E-state index is -0.781. The summed E-state index contributed by atoms with van der Waals surface area (Å²) in [7, 11) is 0. The highest BCUT2D eigenvalue weighted by molar-refractivity contribution is 5.96. The Hall–Kier alpha value is -2.68. The lowest BCUT2D eigenvalue weighted by molar-refractivity contribution is -0.486. The Labute approximate surface area is 151 Å². The number of carbonyl (C=O) groups excluding carboxylic acids is 1. The summed E-state index contributed by atoms with van der Waals surface area (Å²) in [6, 6.07) is 7.22. The average Bonchev–Trinajstić information content (AvgIpc) is 3.26. The molecule has 0 spiro atoms. The van der Waals surface area contributed by atoms with Crippen molar-refractivity contribution in [3.05, 3.63) is 39.9 Å². The van der Waals surface area contributed by atoms with Crippen molar-refractivity contribution in [2.45, 2.75) is 19.8 Å². The summed E-state index contributed by atoms with van der Waals surface area (Å²) in [5.74, 6) is 0.722. The monoisotopic (exact) mass is 362 g/mol. The molecular formula is C17H22N4O5. The molecule has 9 nitrogen and oxygen atoms in total. The molecular weight excluding hydrogens is 340 g/mol. The van der Waals surface area contributed by atoms with Crippen LogP contribution in [0.5, 0.6) is 5.75 Å². The fourth-order valence-corrected chi connectivity index (χ4v) is 3.15. The van der Waals surface area contributed by atoms with E-state index < -0.39 is 11.1 Å². The molecule has 0 aromatic heterocycles. The number of ether oxygens (including phenoxy) is 2. The molecule has 9 heteroatoms. The highest BCUT2D eigenvalue weighted by Gasteiger charge is 2.37. The molecule has 2 aliphatic rings. The first-order chi connectivity index (χ1) is 12.6. The van der Waals surface area contributed by atoms with Crippen LogP contribution in [0.15, 0.2) is 29.4 Å². The van der Waals surface area contributed by atoms with Gasteiger partial charge in [-0.3, -0.25) is 0 Å². The normalized spacial score (nSPS) is 21.4. The van der Waals surface area contributed by atoms with Crippen molar-refractivity contribution >= 4 is 12.1 Å². The van der Waals surface area contributed by atoms with E-state index in [2.05, 4.69) is 5.10 Å². The number of aryl methyl sites for hydroxylation is 1. The number of amides is 1. The molecule has 2 aliphatic heterocycles. The van der Waals surface area contributed by atoms with Crippen LogP contribution in [-0.4, -0.2) is 59.7 Å². The van der Waals surface area contributed by atoms with Crippen LogP contribution in [-0.2, 0) is 11.2 Å². The van der Waals surface area contributed by atoms with Gasteiger partial charge in [0.25, 0.3) is 5.96 Å². The number of nitro groups is 1. The van der Waals surface area contributed by atoms with Gasteiger partial charge in [0.05, 0.1) is 13.2 Å². The highest BCUT2D eigenvalue weighted by Crippen LogP contribution is 2.20. The second kappa shape index (κ2) is 8.13. The van der Waals surface area contributed by atoms with Gasteiger partial charge in [-0.2, -0.15) is 0 Å². The quantitative estimate of drug-likeness (QED) is 0.587. The summed E-state index contributed by atoms with van der Waals surface area (Å²) in [4.78, 5) is 26.4. The van der Waals surface area contributed by atoms with Crippen molar-refractivity contribution in [1.82, 2.24) is 9.80 Å². The number of hydrazone groups is 1. The van der Waals surface area contributed by atoms with Crippen LogP contribution >= 0.6 is 0 Å². The second-order valence-corrected chi connectivity index (χ2v) is 6.33. The first-order valence-corrected chi connectivity index (χ1v) is 8.70. The van der Waals surface area contributed by atoms with Crippen molar-refractivity contribution in [3.63, 3.8) is 0 Å². The molecule has 0 saturated carbocycles. The third kappa shape index (κ3) is 4.29. The topological polar surface area (TPSA) is 97.5 Å². The molecule has 3 rings (SSSR count). The zero-order valence-electron chi connectivity index (χ0n) is 14.7. The predicted molar refractivity (Wildman–Crippen MR) is 93.5 cm³/mol. The zero-order chi connectivity index (χ0) is 18.5. The van der Waals surface area contributed by atoms with E-state index in [0.29, 0.717) is 38.6 Å². The van der Waals surface area contributed by atoms with E-state index >= 15 is 0 Å². The molecule has 140 valence electrons. The molecule has 2 heterocycles. The van der Waals surface area contributed by atoms with Gasteiger partial charge in [-0.15, -0.1) is 0 Å². The first kappa shape index (κ1) is 18.1. The van der Waals surface area contributed by atoms with Crippen molar-refractivity contribution < 1.29 is 19.3 Å². The van der Waals surface area contributed by atoms with Crippen LogP contribution in [0, 0.1) is 16.0 Å². The molecule has 2 fully saturated rings. The molecule has 0 bridgehead atoms. The van der Waals surface area contributed by atoms with Gasteiger partial charge >= 0.3 is 6.09 Å². The summed E-state index contributed by atoms with van der Waals surface area (Å²) in [5.41, 5.74) is 1.04. The maximum atomic E-state index is 12.5. The molecule has 1 unspecified atom stereocenters. The average molecular weight is 362 g/mol. The third-order valence-corrected chi connectivity index (χ3v) is 4.52. The van der Waals surface area contributed by atoms with E-state index in [4.69, 9.17) is 9.47 Å². The van der Waals surface area contributed by atoms with E-state index in [-0.39, 0.29) is 11.9 Å². The number of rotatable bonds is 5. The van der Waals surface area contributed by atoms with E-state index in [1.165, 1.54) is 4.90 Å². The van der Waals surface area contributed by atoms with Gasteiger partial charge in [0.15, 0.2) is 5.03 Å². The van der Waals surface area contributed by atoms with Crippen molar-refractivity contribution in [2.75, 3.05) is 32.8 Å². The van der Waals surface area contributed by atoms with E-state index in [9.17, 15) is 14.9 Å². The SMILES string of the molecule is CCc1cccc(OC(=O)N2CCN(CC3CCOC3)C2=N[N+](=O)[O-])c1. The molecule has 0 radical (unpaired) electrons. The Morgan fingerprint density at radius 2 is 2.31 bits per heavy atom. The van der Waals surface area contributed by atoms with Crippen LogP contribution < -0.4 is 4.74 Å². The van der Waals surface area contributed by atoms with Gasteiger partial charge in [-0.05, 0) is 30.5 Å². The van der Waals surface area contributed by atoms with Crippen LogP contribution in [0.4, 0.5) is 4.79 Å². The Kier molecular flexibility index (Phi) is 5.67. The molecule has 1 amide bonds.